The molecule has 2 rings (SSSR count). The van der Waals surface area contributed by atoms with Gasteiger partial charge in [0, 0.05) is 18.6 Å². The number of esters is 1. The van der Waals surface area contributed by atoms with E-state index in [4.69, 9.17) is 9.47 Å². The Balaban J connectivity index is 2.42. The maximum Gasteiger partial charge on any atom is 0.310 e. The zero-order valence-corrected chi connectivity index (χ0v) is 13.9. The minimum absolute atomic E-state index is 0.198. The molecule has 0 saturated heterocycles. The number of aryl methyl sites for hydroxylation is 2. The normalized spacial score (nSPS) is 10.9. The number of hydrogen-bond donors (Lipinski definition) is 0. The molecule has 120 valence electrons. The van der Waals surface area contributed by atoms with Gasteiger partial charge < -0.3 is 14.0 Å². The molecule has 0 spiro atoms. The predicted molar refractivity (Wildman–Crippen MR) is 88.4 cm³/mol. The molecule has 0 radical (unpaired) electrons. The van der Waals surface area contributed by atoms with E-state index in [1.54, 1.807) is 0 Å². The highest BCUT2D eigenvalue weighted by Crippen LogP contribution is 2.33. The van der Waals surface area contributed by atoms with Crippen LogP contribution >= 0.6 is 0 Å². The summed E-state index contributed by atoms with van der Waals surface area (Å²) >= 11 is 0. The molecule has 1 heterocycles. The summed E-state index contributed by atoms with van der Waals surface area (Å²) in [5.74, 6) is 0.657. The van der Waals surface area contributed by atoms with Crippen molar-refractivity contribution in [3.63, 3.8) is 0 Å². The lowest BCUT2D eigenvalue weighted by Crippen LogP contribution is -2.07. The molecular formula is C18H25NO3. The molecule has 0 fully saturated rings. The smallest absolute Gasteiger partial charge is 0.310 e. The van der Waals surface area contributed by atoms with E-state index in [1.807, 2.05) is 26.2 Å². The summed E-state index contributed by atoms with van der Waals surface area (Å²) in [6.45, 7) is 7.14. The monoisotopic (exact) mass is 303 g/mol. The third-order valence-corrected chi connectivity index (χ3v) is 3.76. The predicted octanol–water partition coefficient (Wildman–Crippen LogP) is 3.77. The van der Waals surface area contributed by atoms with E-state index >= 15 is 0 Å². The second-order valence-electron chi connectivity index (χ2n) is 5.55. The van der Waals surface area contributed by atoms with Crippen molar-refractivity contribution in [2.24, 2.45) is 7.05 Å². The van der Waals surface area contributed by atoms with Crippen molar-refractivity contribution >= 4 is 16.9 Å². The minimum atomic E-state index is -0.198. The van der Waals surface area contributed by atoms with Crippen molar-refractivity contribution in [3.8, 4) is 5.75 Å². The highest BCUT2D eigenvalue weighted by Gasteiger charge is 2.17. The van der Waals surface area contributed by atoms with Gasteiger partial charge in [0.15, 0.2) is 0 Å². The summed E-state index contributed by atoms with van der Waals surface area (Å²) in [6.07, 6.45) is 4.40. The molecule has 0 atom stereocenters. The van der Waals surface area contributed by atoms with Gasteiger partial charge in [-0.05, 0) is 37.5 Å². The molecule has 0 aliphatic rings. The fourth-order valence-corrected chi connectivity index (χ4v) is 2.75. The van der Waals surface area contributed by atoms with Crippen LogP contribution in [0.5, 0.6) is 5.75 Å². The Morgan fingerprint density at radius 1 is 1.27 bits per heavy atom. The second-order valence-corrected chi connectivity index (χ2v) is 5.55. The summed E-state index contributed by atoms with van der Waals surface area (Å²) in [7, 11) is 2.00. The molecule has 0 unspecified atom stereocenters. The van der Waals surface area contributed by atoms with Crippen LogP contribution in [0.1, 0.15) is 37.8 Å². The molecule has 1 aromatic carbocycles. The van der Waals surface area contributed by atoms with E-state index in [0.29, 0.717) is 13.2 Å². The van der Waals surface area contributed by atoms with Crippen LogP contribution in [0.15, 0.2) is 18.3 Å². The maximum atomic E-state index is 11.8. The zero-order chi connectivity index (χ0) is 16.1. The number of unbranched alkanes of at least 4 members (excludes halogenated alkanes) is 1. The number of carbonyl (C=O) groups excluding carboxylic acids is 1. The van der Waals surface area contributed by atoms with Crippen molar-refractivity contribution in [2.45, 2.75) is 40.0 Å². The van der Waals surface area contributed by atoms with Gasteiger partial charge in [-0.3, -0.25) is 4.79 Å². The summed E-state index contributed by atoms with van der Waals surface area (Å²) in [6, 6.07) is 4.07. The molecular weight excluding hydrogens is 278 g/mol. The Hall–Kier alpha value is -1.97. The van der Waals surface area contributed by atoms with Crippen molar-refractivity contribution in [3.05, 3.63) is 29.5 Å². The van der Waals surface area contributed by atoms with Crippen LogP contribution in [0.2, 0.25) is 0 Å². The molecule has 0 N–H and O–H groups in total. The Morgan fingerprint density at radius 2 is 2.05 bits per heavy atom. The summed E-state index contributed by atoms with van der Waals surface area (Å²) in [4.78, 5) is 11.8. The zero-order valence-electron chi connectivity index (χ0n) is 13.9. The van der Waals surface area contributed by atoms with Crippen LogP contribution in [-0.2, 0) is 23.0 Å². The minimum Gasteiger partial charge on any atom is -0.493 e. The third kappa shape index (κ3) is 3.43. The molecule has 0 saturated carbocycles. The first-order valence-electron chi connectivity index (χ1n) is 7.94. The van der Waals surface area contributed by atoms with Gasteiger partial charge in [0.2, 0.25) is 0 Å². The number of carbonyl (C=O) groups is 1. The standard InChI is InChI=1S/C18H25NO3/c1-5-7-10-22-15-9-8-13(3)18-17(15)14(12-19(18)4)11-16(20)21-6-2/h8-9,12H,5-7,10-11H2,1-4H3. The van der Waals surface area contributed by atoms with Crippen LogP contribution in [-0.4, -0.2) is 23.8 Å². The van der Waals surface area contributed by atoms with Gasteiger partial charge >= 0.3 is 5.97 Å². The molecule has 0 amide bonds. The van der Waals surface area contributed by atoms with Crippen molar-refractivity contribution in [2.75, 3.05) is 13.2 Å². The number of benzene rings is 1. The highest BCUT2D eigenvalue weighted by atomic mass is 16.5. The largest absolute Gasteiger partial charge is 0.493 e. The van der Waals surface area contributed by atoms with E-state index in [2.05, 4.69) is 24.5 Å². The number of fused-ring (bicyclic) bond motifs is 1. The number of nitrogens with zero attached hydrogens (tertiary/aromatic N) is 1. The van der Waals surface area contributed by atoms with Gasteiger partial charge in [0.1, 0.15) is 5.75 Å². The average Bonchev–Trinajstić information content (AvgIpc) is 2.79. The van der Waals surface area contributed by atoms with Crippen molar-refractivity contribution < 1.29 is 14.3 Å². The third-order valence-electron chi connectivity index (χ3n) is 3.76. The van der Waals surface area contributed by atoms with Gasteiger partial charge in [-0.25, -0.2) is 0 Å². The lowest BCUT2D eigenvalue weighted by Gasteiger charge is -2.10. The topological polar surface area (TPSA) is 40.5 Å². The quantitative estimate of drug-likeness (QED) is 0.577. The van der Waals surface area contributed by atoms with Gasteiger partial charge in [-0.15, -0.1) is 0 Å². The molecule has 1 aromatic heterocycles. The second kappa shape index (κ2) is 7.34. The Labute approximate surface area is 132 Å². The van der Waals surface area contributed by atoms with Crippen LogP contribution in [0.25, 0.3) is 10.9 Å². The molecule has 4 nitrogen and oxygen atoms in total. The summed E-state index contributed by atoms with van der Waals surface area (Å²) < 4.78 is 13.1. The molecule has 0 aliphatic heterocycles. The van der Waals surface area contributed by atoms with Crippen LogP contribution in [0.4, 0.5) is 0 Å². The van der Waals surface area contributed by atoms with Crippen molar-refractivity contribution in [1.29, 1.82) is 0 Å². The summed E-state index contributed by atoms with van der Waals surface area (Å²) in [5.41, 5.74) is 3.26. The molecule has 0 aliphatic carbocycles. The van der Waals surface area contributed by atoms with E-state index in [-0.39, 0.29) is 12.4 Å². The number of ether oxygens (including phenoxy) is 2. The van der Waals surface area contributed by atoms with E-state index in [0.717, 1.165) is 35.1 Å². The molecule has 2 aromatic rings. The van der Waals surface area contributed by atoms with Gasteiger partial charge in [-0.1, -0.05) is 19.4 Å². The lowest BCUT2D eigenvalue weighted by molar-refractivity contribution is -0.142. The first-order chi connectivity index (χ1) is 10.6. The van der Waals surface area contributed by atoms with E-state index in [9.17, 15) is 4.79 Å². The van der Waals surface area contributed by atoms with Crippen LogP contribution in [0, 0.1) is 6.92 Å². The highest BCUT2D eigenvalue weighted by molar-refractivity contribution is 5.94. The van der Waals surface area contributed by atoms with E-state index in [1.165, 1.54) is 5.56 Å². The molecule has 22 heavy (non-hydrogen) atoms. The van der Waals surface area contributed by atoms with Gasteiger partial charge in [-0.2, -0.15) is 0 Å². The first kappa shape index (κ1) is 16.4. The Kier molecular flexibility index (Phi) is 5.47. The average molecular weight is 303 g/mol. The Morgan fingerprint density at radius 3 is 2.73 bits per heavy atom. The number of aromatic nitrogens is 1. The Bertz CT molecular complexity index is 658. The summed E-state index contributed by atoms with van der Waals surface area (Å²) in [5, 5.41) is 1.03. The fraction of sp³-hybridized carbons (Fsp3) is 0.500. The molecule has 0 bridgehead atoms. The SMILES string of the molecule is CCCCOc1ccc(C)c2c1c(CC(=O)OCC)cn2C. The molecule has 4 heteroatoms. The van der Waals surface area contributed by atoms with Crippen LogP contribution in [0.3, 0.4) is 0 Å². The first-order valence-corrected chi connectivity index (χ1v) is 7.94. The fourth-order valence-electron chi connectivity index (χ4n) is 2.75. The van der Waals surface area contributed by atoms with E-state index < -0.39 is 0 Å². The maximum absolute atomic E-state index is 11.8. The van der Waals surface area contributed by atoms with Gasteiger partial charge in [0.05, 0.1) is 25.2 Å². The van der Waals surface area contributed by atoms with Crippen LogP contribution < -0.4 is 4.74 Å². The van der Waals surface area contributed by atoms with Gasteiger partial charge in [0.25, 0.3) is 0 Å². The number of hydrogen-bond acceptors (Lipinski definition) is 3. The number of rotatable bonds is 7. The van der Waals surface area contributed by atoms with Crippen molar-refractivity contribution in [1.82, 2.24) is 4.57 Å². The lowest BCUT2D eigenvalue weighted by atomic mass is 10.1.